The molecule has 11 heavy (non-hydrogen) atoms. The molecule has 2 heteroatoms. The van der Waals surface area contributed by atoms with Crippen LogP contribution in [-0.4, -0.2) is 10.2 Å². The fourth-order valence-corrected chi connectivity index (χ4v) is 1.55. The van der Waals surface area contributed by atoms with E-state index in [4.69, 9.17) is 5.11 Å². The summed E-state index contributed by atoms with van der Waals surface area (Å²) in [6, 6.07) is 0. The van der Waals surface area contributed by atoms with Crippen LogP contribution in [0.4, 0.5) is 0 Å². The predicted octanol–water partition coefficient (Wildman–Crippen LogP) is 2.30. The second kappa shape index (κ2) is 2.29. The van der Waals surface area contributed by atoms with Crippen LogP contribution in [0.25, 0.3) is 0 Å². The lowest BCUT2D eigenvalue weighted by molar-refractivity contribution is 0.296. The molecule has 1 fully saturated rings. The topological polar surface area (TPSA) is 40.5 Å². The van der Waals surface area contributed by atoms with E-state index in [1.807, 2.05) is 6.08 Å². The smallest absolute Gasteiger partial charge is 0.152 e. The second-order valence-electron chi connectivity index (χ2n) is 3.40. The highest BCUT2D eigenvalue weighted by molar-refractivity contribution is 5.22. The zero-order valence-electron chi connectivity index (χ0n) is 6.33. The second-order valence-corrected chi connectivity index (χ2v) is 3.40. The monoisotopic (exact) mass is 152 g/mol. The lowest BCUT2D eigenvalue weighted by atomic mass is 9.94. The molecule has 1 atom stereocenters. The van der Waals surface area contributed by atoms with E-state index in [1.54, 1.807) is 6.08 Å². The molecule has 0 aromatic heterocycles. The Bertz CT molecular complexity index is 224. The Morgan fingerprint density at radius 1 is 1.27 bits per heavy atom. The van der Waals surface area contributed by atoms with Crippen LogP contribution in [-0.2, 0) is 0 Å². The van der Waals surface area contributed by atoms with E-state index in [9.17, 15) is 5.11 Å². The predicted molar refractivity (Wildman–Crippen MR) is 42.3 cm³/mol. The molecule has 0 heterocycles. The van der Waals surface area contributed by atoms with Gasteiger partial charge in [0.25, 0.3) is 0 Å². The molecule has 0 bridgehead atoms. The minimum atomic E-state index is 0.0434. The molecule has 2 aliphatic carbocycles. The van der Waals surface area contributed by atoms with Crippen LogP contribution in [0.2, 0.25) is 0 Å². The fourth-order valence-electron chi connectivity index (χ4n) is 1.55. The number of aliphatic hydroxyl groups excluding tert-OH is 2. The van der Waals surface area contributed by atoms with E-state index < -0.39 is 0 Å². The van der Waals surface area contributed by atoms with Crippen LogP contribution in [0.5, 0.6) is 0 Å². The molecule has 0 aromatic carbocycles. The van der Waals surface area contributed by atoms with Crippen molar-refractivity contribution >= 4 is 0 Å². The Morgan fingerprint density at radius 3 is 2.55 bits per heavy atom. The third-order valence-electron chi connectivity index (χ3n) is 2.45. The number of allylic oxidation sites excluding steroid dienone is 3. The van der Waals surface area contributed by atoms with Crippen LogP contribution in [0.3, 0.4) is 0 Å². The van der Waals surface area contributed by atoms with E-state index in [0.717, 1.165) is 5.92 Å². The van der Waals surface area contributed by atoms with Crippen molar-refractivity contribution < 1.29 is 10.2 Å². The minimum absolute atomic E-state index is 0.0434. The Labute approximate surface area is 65.9 Å². The van der Waals surface area contributed by atoms with Crippen molar-refractivity contribution in [3.63, 3.8) is 0 Å². The molecule has 0 aromatic rings. The molecule has 2 N–H and O–H groups in total. The maximum Gasteiger partial charge on any atom is 0.152 e. The summed E-state index contributed by atoms with van der Waals surface area (Å²) in [5, 5.41) is 18.2. The molecular weight excluding hydrogens is 140 g/mol. The average molecular weight is 152 g/mol. The van der Waals surface area contributed by atoms with E-state index in [1.165, 1.54) is 12.8 Å². The van der Waals surface area contributed by atoms with Crippen molar-refractivity contribution in [2.24, 2.45) is 11.8 Å². The van der Waals surface area contributed by atoms with E-state index in [0.29, 0.717) is 12.3 Å². The zero-order chi connectivity index (χ0) is 7.84. The Kier molecular flexibility index (Phi) is 1.41. The van der Waals surface area contributed by atoms with Gasteiger partial charge in [-0.2, -0.15) is 0 Å². The van der Waals surface area contributed by atoms with Crippen molar-refractivity contribution in [3.8, 4) is 0 Å². The molecule has 0 spiro atoms. The van der Waals surface area contributed by atoms with Crippen molar-refractivity contribution in [1.29, 1.82) is 0 Å². The molecule has 0 aliphatic heterocycles. The summed E-state index contributed by atoms with van der Waals surface area (Å²) in [4.78, 5) is 0. The van der Waals surface area contributed by atoms with E-state index >= 15 is 0 Å². The largest absolute Gasteiger partial charge is 0.508 e. The van der Waals surface area contributed by atoms with Crippen LogP contribution in [0.1, 0.15) is 19.3 Å². The fraction of sp³-hybridized carbons (Fsp3) is 0.556. The highest BCUT2D eigenvalue weighted by Gasteiger charge is 2.31. The molecule has 1 saturated carbocycles. The lowest BCUT2D eigenvalue weighted by Gasteiger charge is -2.15. The van der Waals surface area contributed by atoms with Gasteiger partial charge in [-0.1, -0.05) is 6.08 Å². The normalized spacial score (nSPS) is 31.1. The first-order valence-electron chi connectivity index (χ1n) is 4.06. The maximum absolute atomic E-state index is 9.20. The summed E-state index contributed by atoms with van der Waals surface area (Å²) < 4.78 is 0. The summed E-state index contributed by atoms with van der Waals surface area (Å²) >= 11 is 0. The van der Waals surface area contributed by atoms with Crippen molar-refractivity contribution in [3.05, 3.63) is 23.7 Å². The Balaban J connectivity index is 2.07. The summed E-state index contributed by atoms with van der Waals surface area (Å²) in [7, 11) is 0. The van der Waals surface area contributed by atoms with Gasteiger partial charge in [0.1, 0.15) is 5.76 Å². The first kappa shape index (κ1) is 6.77. The number of hydrogen-bond donors (Lipinski definition) is 2. The van der Waals surface area contributed by atoms with Crippen molar-refractivity contribution in [2.75, 3.05) is 0 Å². The number of aliphatic hydroxyl groups is 2. The van der Waals surface area contributed by atoms with Crippen molar-refractivity contribution in [1.82, 2.24) is 0 Å². The third kappa shape index (κ3) is 1.25. The Morgan fingerprint density at radius 2 is 2.00 bits per heavy atom. The molecular formula is C9H12O2. The molecule has 1 unspecified atom stereocenters. The Hall–Kier alpha value is -0.920. The van der Waals surface area contributed by atoms with Gasteiger partial charge in [0, 0.05) is 6.42 Å². The highest BCUT2D eigenvalue weighted by Crippen LogP contribution is 2.41. The van der Waals surface area contributed by atoms with Gasteiger partial charge in [0.05, 0.1) is 0 Å². The SMILES string of the molecule is OC1=C(O)CC(C2CC2)C=C1. The van der Waals surface area contributed by atoms with Gasteiger partial charge in [-0.15, -0.1) is 0 Å². The van der Waals surface area contributed by atoms with Gasteiger partial charge >= 0.3 is 0 Å². The van der Waals surface area contributed by atoms with Crippen LogP contribution < -0.4 is 0 Å². The van der Waals surface area contributed by atoms with Gasteiger partial charge in [-0.25, -0.2) is 0 Å². The molecule has 2 aliphatic rings. The van der Waals surface area contributed by atoms with Gasteiger partial charge in [-0.3, -0.25) is 0 Å². The van der Waals surface area contributed by atoms with Gasteiger partial charge < -0.3 is 10.2 Å². The zero-order valence-corrected chi connectivity index (χ0v) is 6.33. The number of hydrogen-bond acceptors (Lipinski definition) is 2. The highest BCUT2D eigenvalue weighted by atomic mass is 16.3. The van der Waals surface area contributed by atoms with Crippen LogP contribution in [0.15, 0.2) is 23.7 Å². The average Bonchev–Trinajstić information content (AvgIpc) is 2.77. The lowest BCUT2D eigenvalue weighted by Crippen LogP contribution is -2.06. The molecule has 60 valence electrons. The summed E-state index contributed by atoms with van der Waals surface area (Å²) in [5.74, 6) is 1.44. The molecule has 0 radical (unpaired) electrons. The first-order chi connectivity index (χ1) is 5.27. The van der Waals surface area contributed by atoms with Gasteiger partial charge in [0.2, 0.25) is 0 Å². The maximum atomic E-state index is 9.20. The van der Waals surface area contributed by atoms with Crippen molar-refractivity contribution in [2.45, 2.75) is 19.3 Å². The number of rotatable bonds is 1. The summed E-state index contributed by atoms with van der Waals surface area (Å²) in [5.41, 5.74) is 0. The molecule has 2 nitrogen and oxygen atoms in total. The minimum Gasteiger partial charge on any atom is -0.508 e. The molecule has 2 rings (SSSR count). The molecule has 0 saturated heterocycles. The standard InChI is InChI=1S/C9H12O2/c10-8-4-3-7(5-9(8)11)6-1-2-6/h3-4,6-7,10-11H,1-2,5H2. The first-order valence-corrected chi connectivity index (χ1v) is 4.06. The van der Waals surface area contributed by atoms with Crippen LogP contribution >= 0.6 is 0 Å². The van der Waals surface area contributed by atoms with Gasteiger partial charge in [-0.05, 0) is 30.8 Å². The van der Waals surface area contributed by atoms with Gasteiger partial charge in [0.15, 0.2) is 5.76 Å². The summed E-state index contributed by atoms with van der Waals surface area (Å²) in [6.45, 7) is 0. The summed E-state index contributed by atoms with van der Waals surface area (Å²) in [6.07, 6.45) is 6.81. The quantitative estimate of drug-likeness (QED) is 0.605. The van der Waals surface area contributed by atoms with E-state index in [2.05, 4.69) is 0 Å². The third-order valence-corrected chi connectivity index (χ3v) is 2.45. The van der Waals surface area contributed by atoms with E-state index in [-0.39, 0.29) is 11.5 Å². The molecule has 0 amide bonds. The van der Waals surface area contributed by atoms with Crippen LogP contribution in [0, 0.1) is 11.8 Å².